The van der Waals surface area contributed by atoms with Crippen molar-refractivity contribution in [3.05, 3.63) is 29.6 Å². The van der Waals surface area contributed by atoms with Crippen molar-refractivity contribution < 1.29 is 9.53 Å². The van der Waals surface area contributed by atoms with Crippen LogP contribution in [0.4, 0.5) is 5.82 Å². The highest BCUT2D eigenvalue weighted by Crippen LogP contribution is 2.20. The maximum atomic E-state index is 11.1. The lowest BCUT2D eigenvalue weighted by Gasteiger charge is -1.95. The highest BCUT2D eigenvalue weighted by atomic mass is 16.5. The summed E-state index contributed by atoms with van der Waals surface area (Å²) in [5.74, 6) is 0.336. The van der Waals surface area contributed by atoms with Crippen LogP contribution in [-0.2, 0) is 4.74 Å². The second-order valence-corrected chi connectivity index (χ2v) is 2.57. The van der Waals surface area contributed by atoms with E-state index < -0.39 is 0 Å². The van der Waals surface area contributed by atoms with Crippen LogP contribution in [0.1, 0.15) is 15.9 Å². The third-order valence-electron chi connectivity index (χ3n) is 1.76. The molecule has 0 saturated carbocycles. The minimum absolute atomic E-state index is 0.379. The summed E-state index contributed by atoms with van der Waals surface area (Å²) in [5, 5.41) is 2.82. The van der Waals surface area contributed by atoms with Crippen LogP contribution >= 0.6 is 0 Å². The van der Waals surface area contributed by atoms with Gasteiger partial charge < -0.3 is 4.74 Å². The summed E-state index contributed by atoms with van der Waals surface area (Å²) in [6.07, 6.45) is 5.98. The molecule has 0 aliphatic carbocycles. The minimum Gasteiger partial charge on any atom is -0.465 e. The molecule has 1 aromatic rings. The van der Waals surface area contributed by atoms with E-state index in [0.29, 0.717) is 11.4 Å². The molecule has 0 aromatic carbocycles. The van der Waals surface area contributed by atoms with Crippen molar-refractivity contribution >= 4 is 17.9 Å². The Kier molecular flexibility index (Phi) is 1.69. The molecule has 0 spiro atoms. The number of methoxy groups -OCH3 is 1. The fourth-order valence-electron chi connectivity index (χ4n) is 1.11. The fraction of sp³-hybridized carbons (Fsp3) is 0.111. The van der Waals surface area contributed by atoms with Crippen molar-refractivity contribution in [1.82, 2.24) is 4.98 Å². The first kappa shape index (κ1) is 7.71. The van der Waals surface area contributed by atoms with Crippen LogP contribution in [0.3, 0.4) is 0 Å². The molecule has 1 aliphatic heterocycles. The van der Waals surface area contributed by atoms with Crippen LogP contribution < -0.4 is 5.32 Å². The lowest BCUT2D eigenvalue weighted by atomic mass is 10.2. The van der Waals surface area contributed by atoms with Crippen LogP contribution in [0, 0.1) is 6.20 Å². The van der Waals surface area contributed by atoms with Gasteiger partial charge in [-0.05, 0) is 0 Å². The zero-order valence-electron chi connectivity index (χ0n) is 7.00. The van der Waals surface area contributed by atoms with Gasteiger partial charge in [-0.2, -0.15) is 10.3 Å². The first-order valence-corrected chi connectivity index (χ1v) is 3.74. The molecule has 0 bridgehead atoms. The normalized spacial score (nSPS) is 11.5. The Hall–Kier alpha value is -1.93. The zero-order valence-corrected chi connectivity index (χ0v) is 7.00. The Morgan fingerprint density at radius 3 is 3.31 bits per heavy atom. The van der Waals surface area contributed by atoms with Gasteiger partial charge in [0.05, 0.1) is 18.9 Å². The van der Waals surface area contributed by atoms with Gasteiger partial charge in [-0.1, -0.05) is 0 Å². The van der Waals surface area contributed by atoms with Crippen LogP contribution in [0.5, 0.6) is 0 Å². The lowest BCUT2D eigenvalue weighted by Crippen LogP contribution is -2.02. The predicted molar refractivity (Wildman–Crippen MR) is 46.9 cm³/mol. The van der Waals surface area contributed by atoms with Crippen molar-refractivity contribution in [1.29, 1.82) is 0 Å². The van der Waals surface area contributed by atoms with E-state index in [4.69, 9.17) is 0 Å². The largest absolute Gasteiger partial charge is 0.465 e. The first-order chi connectivity index (χ1) is 6.31. The molecule has 4 heteroatoms. The number of esters is 1. The highest BCUT2D eigenvalue weighted by molar-refractivity contribution is 5.90. The third kappa shape index (κ3) is 1.23. The molecular weight excluding hydrogens is 168 g/mol. The molecule has 2 heterocycles. The number of hydrogen-bond acceptors (Lipinski definition) is 4. The zero-order chi connectivity index (χ0) is 9.26. The van der Waals surface area contributed by atoms with E-state index >= 15 is 0 Å². The number of nitrogens with one attached hydrogen (secondary N) is 1. The summed E-state index contributed by atoms with van der Waals surface area (Å²) in [4.78, 5) is 15.1. The molecule has 0 unspecified atom stereocenters. The number of hydrogen-bond donors (Lipinski definition) is 1. The Morgan fingerprint density at radius 1 is 1.69 bits per heavy atom. The Bertz CT molecular complexity index is 385. The maximum Gasteiger partial charge on any atom is 0.340 e. The number of aromatic nitrogens is 1. The first-order valence-electron chi connectivity index (χ1n) is 3.74. The number of anilines is 1. The number of pyridine rings is 1. The molecule has 1 aromatic heterocycles. The van der Waals surface area contributed by atoms with Crippen molar-refractivity contribution in [2.75, 3.05) is 12.4 Å². The van der Waals surface area contributed by atoms with E-state index in [2.05, 4.69) is 21.2 Å². The van der Waals surface area contributed by atoms with Gasteiger partial charge >= 0.3 is 5.97 Å². The second-order valence-electron chi connectivity index (χ2n) is 2.57. The SMILES string of the molecule is COC(=O)c1cnc2c(c1)C=[C+]N2. The number of rotatable bonds is 1. The molecule has 1 N–H and O–H groups in total. The van der Waals surface area contributed by atoms with E-state index in [1.807, 2.05) is 0 Å². The van der Waals surface area contributed by atoms with Crippen LogP contribution in [0.2, 0.25) is 0 Å². The maximum absolute atomic E-state index is 11.1. The van der Waals surface area contributed by atoms with Crippen molar-refractivity contribution in [3.63, 3.8) is 0 Å². The Labute approximate surface area is 75.2 Å². The summed E-state index contributed by atoms with van der Waals surface area (Å²) >= 11 is 0. The van der Waals surface area contributed by atoms with Gasteiger partial charge in [0.1, 0.15) is 12.3 Å². The van der Waals surface area contributed by atoms with E-state index in [-0.39, 0.29) is 5.97 Å². The van der Waals surface area contributed by atoms with Gasteiger partial charge in [-0.3, -0.25) is 0 Å². The van der Waals surface area contributed by atoms with Crippen LogP contribution in [-0.4, -0.2) is 18.1 Å². The number of carbonyl (C=O) groups is 1. The van der Waals surface area contributed by atoms with Crippen molar-refractivity contribution in [2.45, 2.75) is 0 Å². The number of carbonyl (C=O) groups excluding carboxylic acids is 1. The van der Waals surface area contributed by atoms with E-state index in [1.54, 1.807) is 12.1 Å². The van der Waals surface area contributed by atoms with Gasteiger partial charge in [0.2, 0.25) is 0 Å². The minimum atomic E-state index is -0.379. The van der Waals surface area contributed by atoms with E-state index in [0.717, 1.165) is 5.56 Å². The third-order valence-corrected chi connectivity index (χ3v) is 1.76. The van der Waals surface area contributed by atoms with Crippen LogP contribution in [0.25, 0.3) is 6.08 Å². The summed E-state index contributed by atoms with van der Waals surface area (Å²) in [5.41, 5.74) is 1.30. The Morgan fingerprint density at radius 2 is 2.54 bits per heavy atom. The van der Waals surface area contributed by atoms with Crippen LogP contribution in [0.15, 0.2) is 12.3 Å². The van der Waals surface area contributed by atoms with Crippen molar-refractivity contribution in [2.24, 2.45) is 0 Å². The van der Waals surface area contributed by atoms with Gasteiger partial charge in [0.25, 0.3) is 5.82 Å². The summed E-state index contributed by atoms with van der Waals surface area (Å²) in [6, 6.07) is 1.71. The topological polar surface area (TPSA) is 51.2 Å². The average Bonchev–Trinajstić information content (AvgIpc) is 2.63. The Balaban J connectivity index is 2.40. The van der Waals surface area contributed by atoms with E-state index in [1.165, 1.54) is 13.3 Å². The number of ether oxygens (including phenoxy) is 1. The molecule has 2 rings (SSSR count). The molecule has 4 nitrogen and oxygen atoms in total. The molecule has 13 heavy (non-hydrogen) atoms. The molecule has 0 radical (unpaired) electrons. The summed E-state index contributed by atoms with van der Waals surface area (Å²) in [7, 11) is 1.34. The molecule has 0 fully saturated rings. The average molecular weight is 175 g/mol. The molecule has 0 saturated heterocycles. The quantitative estimate of drug-likeness (QED) is 0.512. The number of nitrogens with zero attached hydrogens (tertiary/aromatic N) is 1. The molecule has 0 atom stereocenters. The van der Waals surface area contributed by atoms with Gasteiger partial charge in [-0.25, -0.2) is 4.79 Å². The molecular formula is C9H7N2O2+. The predicted octanol–water partition coefficient (Wildman–Crippen LogP) is 1.07. The highest BCUT2D eigenvalue weighted by Gasteiger charge is 2.20. The summed E-state index contributed by atoms with van der Waals surface area (Å²) < 4.78 is 4.56. The van der Waals surface area contributed by atoms with Gasteiger partial charge in [-0.15, -0.1) is 0 Å². The fourth-order valence-corrected chi connectivity index (χ4v) is 1.11. The standard InChI is InChI=1S/C9H6N2O2/c1-13-9(12)7-4-6-2-3-10-8(6)11-5-7/h2,4-5H,1H3/p+1. The van der Waals surface area contributed by atoms with E-state index in [9.17, 15) is 4.79 Å². The molecule has 1 aliphatic rings. The van der Waals surface area contributed by atoms with Crippen molar-refractivity contribution in [3.8, 4) is 0 Å². The van der Waals surface area contributed by atoms with Gasteiger partial charge in [0, 0.05) is 6.07 Å². The smallest absolute Gasteiger partial charge is 0.340 e. The second kappa shape index (κ2) is 2.84. The number of fused-ring (bicyclic) bond motifs is 1. The van der Waals surface area contributed by atoms with Gasteiger partial charge in [0.15, 0.2) is 5.56 Å². The molecule has 0 amide bonds. The monoisotopic (exact) mass is 175 g/mol. The lowest BCUT2D eigenvalue weighted by molar-refractivity contribution is 0.0600. The summed E-state index contributed by atoms with van der Waals surface area (Å²) in [6.45, 7) is 0. The molecule has 64 valence electrons.